The molecule has 6 nitrogen and oxygen atoms in total. The Kier molecular flexibility index (Phi) is 6.68. The summed E-state index contributed by atoms with van der Waals surface area (Å²) in [6, 6.07) is 4.91. The number of hydrogen-bond acceptors (Lipinski definition) is 5. The first kappa shape index (κ1) is 17.0. The number of methoxy groups -OCH3 is 1. The molecule has 0 aliphatic rings. The average molecular weight is 295 g/mol. The Balaban J connectivity index is 2.93. The third-order valence-corrected chi connectivity index (χ3v) is 2.95. The van der Waals surface area contributed by atoms with Crippen molar-refractivity contribution in [2.24, 2.45) is 0 Å². The standard InChI is InChI=1S/C15H21NO5/c1-4-21-13(17)10-16(8-9-20-3)15(19)12-7-5-6-11(2)14(12)18/h5-7,18H,4,8-10H2,1-3H3. The summed E-state index contributed by atoms with van der Waals surface area (Å²) in [5.74, 6) is -0.996. The van der Waals surface area contributed by atoms with Crippen molar-refractivity contribution in [3.05, 3.63) is 29.3 Å². The summed E-state index contributed by atoms with van der Waals surface area (Å²) < 4.78 is 9.80. The van der Waals surface area contributed by atoms with Crippen molar-refractivity contribution in [1.29, 1.82) is 0 Å². The highest BCUT2D eigenvalue weighted by molar-refractivity contribution is 5.98. The van der Waals surface area contributed by atoms with Crippen LogP contribution in [0.2, 0.25) is 0 Å². The van der Waals surface area contributed by atoms with Crippen LogP contribution in [0.1, 0.15) is 22.8 Å². The molecule has 0 saturated carbocycles. The first-order valence-electron chi connectivity index (χ1n) is 6.73. The zero-order chi connectivity index (χ0) is 15.8. The molecule has 1 amide bonds. The molecular weight excluding hydrogens is 274 g/mol. The van der Waals surface area contributed by atoms with E-state index in [9.17, 15) is 14.7 Å². The Hall–Kier alpha value is -2.08. The number of phenolic OH excluding ortho intramolecular Hbond substituents is 1. The fraction of sp³-hybridized carbons (Fsp3) is 0.467. The molecule has 1 aromatic rings. The van der Waals surface area contributed by atoms with E-state index in [1.165, 1.54) is 18.1 Å². The second-order valence-electron chi connectivity index (χ2n) is 4.50. The van der Waals surface area contributed by atoms with Crippen LogP contribution in [0.3, 0.4) is 0 Å². The van der Waals surface area contributed by atoms with E-state index in [0.29, 0.717) is 5.56 Å². The SMILES string of the molecule is CCOC(=O)CN(CCOC)C(=O)c1cccc(C)c1O. The number of aromatic hydroxyl groups is 1. The summed E-state index contributed by atoms with van der Waals surface area (Å²) in [5, 5.41) is 9.98. The predicted molar refractivity (Wildman–Crippen MR) is 77.3 cm³/mol. The first-order chi connectivity index (χ1) is 10.0. The molecule has 0 bridgehead atoms. The highest BCUT2D eigenvalue weighted by Crippen LogP contribution is 2.22. The van der Waals surface area contributed by atoms with Crippen LogP contribution in [0.15, 0.2) is 18.2 Å². The number of carbonyl (C=O) groups is 2. The monoisotopic (exact) mass is 295 g/mol. The van der Waals surface area contributed by atoms with E-state index in [1.807, 2.05) is 0 Å². The van der Waals surface area contributed by atoms with Crippen LogP contribution in [0.4, 0.5) is 0 Å². The Labute approximate surface area is 124 Å². The zero-order valence-electron chi connectivity index (χ0n) is 12.6. The van der Waals surface area contributed by atoms with Gasteiger partial charge < -0.3 is 19.5 Å². The number of nitrogens with zero attached hydrogens (tertiary/aromatic N) is 1. The minimum atomic E-state index is -0.492. The van der Waals surface area contributed by atoms with Crippen LogP contribution in [0, 0.1) is 6.92 Å². The number of hydrogen-bond donors (Lipinski definition) is 1. The van der Waals surface area contributed by atoms with Crippen molar-refractivity contribution >= 4 is 11.9 Å². The van der Waals surface area contributed by atoms with Gasteiger partial charge in [-0.05, 0) is 25.5 Å². The van der Waals surface area contributed by atoms with Gasteiger partial charge in [0.1, 0.15) is 12.3 Å². The van der Waals surface area contributed by atoms with Crippen molar-refractivity contribution in [1.82, 2.24) is 4.90 Å². The van der Waals surface area contributed by atoms with Crippen LogP contribution >= 0.6 is 0 Å². The Morgan fingerprint density at radius 1 is 1.33 bits per heavy atom. The summed E-state index contributed by atoms with van der Waals surface area (Å²) in [7, 11) is 1.51. The molecule has 21 heavy (non-hydrogen) atoms. The minimum Gasteiger partial charge on any atom is -0.507 e. The maximum absolute atomic E-state index is 12.5. The largest absolute Gasteiger partial charge is 0.507 e. The van der Waals surface area contributed by atoms with Crippen LogP contribution in [-0.2, 0) is 14.3 Å². The highest BCUT2D eigenvalue weighted by Gasteiger charge is 2.22. The quantitative estimate of drug-likeness (QED) is 0.768. The van der Waals surface area contributed by atoms with Gasteiger partial charge in [0, 0.05) is 13.7 Å². The van der Waals surface area contributed by atoms with Gasteiger partial charge in [0.15, 0.2) is 0 Å². The summed E-state index contributed by atoms with van der Waals surface area (Å²) in [6.07, 6.45) is 0. The zero-order valence-corrected chi connectivity index (χ0v) is 12.6. The normalized spacial score (nSPS) is 10.2. The van der Waals surface area contributed by atoms with Crippen molar-refractivity contribution < 1.29 is 24.2 Å². The van der Waals surface area contributed by atoms with Gasteiger partial charge in [-0.2, -0.15) is 0 Å². The Morgan fingerprint density at radius 3 is 2.67 bits per heavy atom. The Morgan fingerprint density at radius 2 is 2.05 bits per heavy atom. The van der Waals surface area contributed by atoms with Crippen LogP contribution < -0.4 is 0 Å². The van der Waals surface area contributed by atoms with Gasteiger partial charge in [0.05, 0.1) is 18.8 Å². The lowest BCUT2D eigenvalue weighted by Gasteiger charge is -2.22. The van der Waals surface area contributed by atoms with E-state index >= 15 is 0 Å². The summed E-state index contributed by atoms with van der Waals surface area (Å²) in [6.45, 7) is 4.01. The first-order valence-corrected chi connectivity index (χ1v) is 6.73. The van der Waals surface area contributed by atoms with Gasteiger partial charge >= 0.3 is 5.97 Å². The van der Waals surface area contributed by atoms with Gasteiger partial charge in [-0.15, -0.1) is 0 Å². The number of amides is 1. The molecule has 6 heteroatoms. The van der Waals surface area contributed by atoms with E-state index in [4.69, 9.17) is 9.47 Å². The van der Waals surface area contributed by atoms with Crippen molar-refractivity contribution in [2.75, 3.05) is 33.4 Å². The summed E-state index contributed by atoms with van der Waals surface area (Å²) in [4.78, 5) is 25.4. The smallest absolute Gasteiger partial charge is 0.325 e. The number of phenols is 1. The molecule has 1 N–H and O–H groups in total. The molecule has 116 valence electrons. The number of para-hydroxylation sites is 1. The predicted octanol–water partition coefficient (Wildman–Crippen LogP) is 1.35. The number of aryl methyl sites for hydroxylation is 1. The fourth-order valence-electron chi connectivity index (χ4n) is 1.82. The topological polar surface area (TPSA) is 76.1 Å². The third-order valence-electron chi connectivity index (χ3n) is 2.95. The van der Waals surface area contributed by atoms with Crippen LogP contribution in [0.25, 0.3) is 0 Å². The lowest BCUT2D eigenvalue weighted by Crippen LogP contribution is -2.38. The number of rotatable bonds is 7. The van der Waals surface area contributed by atoms with Crippen molar-refractivity contribution in [3.8, 4) is 5.75 Å². The molecule has 0 radical (unpaired) electrons. The third kappa shape index (κ3) is 4.75. The molecule has 0 saturated heterocycles. The molecule has 0 spiro atoms. The van der Waals surface area contributed by atoms with E-state index in [-0.39, 0.29) is 37.6 Å². The van der Waals surface area contributed by atoms with Gasteiger partial charge in [-0.1, -0.05) is 12.1 Å². The molecule has 0 atom stereocenters. The maximum Gasteiger partial charge on any atom is 0.325 e. The van der Waals surface area contributed by atoms with Crippen LogP contribution in [-0.4, -0.2) is 55.3 Å². The van der Waals surface area contributed by atoms with Crippen molar-refractivity contribution in [3.63, 3.8) is 0 Å². The second kappa shape index (κ2) is 8.26. The van der Waals surface area contributed by atoms with Gasteiger partial charge in [-0.25, -0.2) is 0 Å². The van der Waals surface area contributed by atoms with Gasteiger partial charge in [0.2, 0.25) is 0 Å². The van der Waals surface area contributed by atoms with E-state index in [1.54, 1.807) is 26.0 Å². The number of ether oxygens (including phenoxy) is 2. The maximum atomic E-state index is 12.5. The second-order valence-corrected chi connectivity index (χ2v) is 4.50. The molecule has 0 aliphatic heterocycles. The molecule has 0 unspecified atom stereocenters. The number of carbonyl (C=O) groups excluding carboxylic acids is 2. The number of benzene rings is 1. The van der Waals surface area contributed by atoms with Gasteiger partial charge in [0.25, 0.3) is 5.91 Å². The molecule has 1 aromatic carbocycles. The summed E-state index contributed by atoms with van der Waals surface area (Å²) in [5.41, 5.74) is 0.763. The van der Waals surface area contributed by atoms with E-state index < -0.39 is 11.9 Å². The lowest BCUT2D eigenvalue weighted by atomic mass is 10.1. The molecule has 0 heterocycles. The fourth-order valence-corrected chi connectivity index (χ4v) is 1.82. The molecule has 0 fully saturated rings. The molecular formula is C15H21NO5. The van der Waals surface area contributed by atoms with E-state index in [2.05, 4.69) is 0 Å². The molecule has 0 aliphatic carbocycles. The van der Waals surface area contributed by atoms with Crippen molar-refractivity contribution in [2.45, 2.75) is 13.8 Å². The van der Waals surface area contributed by atoms with E-state index in [0.717, 1.165) is 0 Å². The Bertz CT molecular complexity index is 501. The van der Waals surface area contributed by atoms with Crippen LogP contribution in [0.5, 0.6) is 5.75 Å². The average Bonchev–Trinajstić information content (AvgIpc) is 2.46. The van der Waals surface area contributed by atoms with Gasteiger partial charge in [-0.3, -0.25) is 9.59 Å². The highest BCUT2D eigenvalue weighted by atomic mass is 16.5. The molecule has 1 rings (SSSR count). The number of esters is 1. The molecule has 0 aromatic heterocycles. The lowest BCUT2D eigenvalue weighted by molar-refractivity contribution is -0.143. The summed E-state index contributed by atoms with van der Waals surface area (Å²) >= 11 is 0. The minimum absolute atomic E-state index is 0.0752.